The van der Waals surface area contributed by atoms with Crippen LogP contribution in [0.3, 0.4) is 0 Å². The Balaban J connectivity index is 1.79. The molecule has 0 bridgehead atoms. The molecule has 0 unspecified atom stereocenters. The lowest BCUT2D eigenvalue weighted by Gasteiger charge is -2.37. The van der Waals surface area contributed by atoms with Crippen LogP contribution in [0, 0.1) is 0 Å². The number of carboxylic acid groups (broad SMARTS) is 1. The van der Waals surface area contributed by atoms with Crippen LogP contribution >= 0.6 is 0 Å². The van der Waals surface area contributed by atoms with Gasteiger partial charge in [0.15, 0.2) is 12.3 Å². The number of carboxylic acids is 1. The van der Waals surface area contributed by atoms with Gasteiger partial charge in [-0.05, 0) is 31.9 Å². The summed E-state index contributed by atoms with van der Waals surface area (Å²) < 4.78 is 29.9. The third kappa shape index (κ3) is 4.24. The zero-order valence-electron chi connectivity index (χ0n) is 15.0. The molecule has 11 heteroatoms. The van der Waals surface area contributed by atoms with Crippen molar-refractivity contribution in [2.45, 2.75) is 38.3 Å². The number of alkyl halides is 2. The molecule has 150 valence electrons. The van der Waals surface area contributed by atoms with E-state index in [0.29, 0.717) is 12.8 Å². The average Bonchev–Trinajstić information content (AvgIpc) is 3.17. The average molecular weight is 395 g/mol. The number of likely N-dealkylation sites (tertiary alicyclic amines) is 1. The van der Waals surface area contributed by atoms with Gasteiger partial charge in [-0.25, -0.2) is 18.6 Å². The number of halogens is 2. The van der Waals surface area contributed by atoms with E-state index < -0.39 is 24.9 Å². The van der Waals surface area contributed by atoms with Gasteiger partial charge in [0.25, 0.3) is 12.3 Å². The standard InChI is InChI=1S/C17H19F2N5O4/c1-10-4-5-11(24-21-7-13(22-24)17(26)27)8-23(10)16(25)12-3-2-6-20-15(12)28-9-14(18)19/h2-3,6-7,10-11,14H,4-5,8-9H2,1H3,(H,26,27)/t10-,11-/m1/s1. The highest BCUT2D eigenvalue weighted by Crippen LogP contribution is 2.28. The van der Waals surface area contributed by atoms with E-state index in [2.05, 4.69) is 15.2 Å². The van der Waals surface area contributed by atoms with Crippen molar-refractivity contribution in [3.05, 3.63) is 35.8 Å². The highest BCUT2D eigenvalue weighted by molar-refractivity contribution is 5.96. The normalized spacial score (nSPS) is 19.6. The van der Waals surface area contributed by atoms with E-state index in [1.54, 1.807) is 4.90 Å². The van der Waals surface area contributed by atoms with Crippen LogP contribution in [0.4, 0.5) is 8.78 Å². The van der Waals surface area contributed by atoms with Gasteiger partial charge in [-0.15, -0.1) is 5.10 Å². The summed E-state index contributed by atoms with van der Waals surface area (Å²) in [7, 11) is 0. The van der Waals surface area contributed by atoms with Gasteiger partial charge in [0.05, 0.1) is 12.2 Å². The number of rotatable bonds is 6. The maximum Gasteiger partial charge on any atom is 0.358 e. The predicted molar refractivity (Wildman–Crippen MR) is 91.5 cm³/mol. The SMILES string of the molecule is C[C@@H]1CC[C@@H](n2ncc(C(=O)O)n2)CN1C(=O)c1cccnc1OCC(F)F. The highest BCUT2D eigenvalue weighted by atomic mass is 19.3. The van der Waals surface area contributed by atoms with Crippen LogP contribution < -0.4 is 4.74 Å². The van der Waals surface area contributed by atoms with Crippen LogP contribution in [0.25, 0.3) is 0 Å². The molecule has 1 aliphatic heterocycles. The first-order valence-corrected chi connectivity index (χ1v) is 8.69. The summed E-state index contributed by atoms with van der Waals surface area (Å²) in [4.78, 5) is 30.8. The Morgan fingerprint density at radius 1 is 1.39 bits per heavy atom. The van der Waals surface area contributed by atoms with Crippen molar-refractivity contribution in [3.8, 4) is 5.88 Å². The fraction of sp³-hybridized carbons (Fsp3) is 0.471. The number of hydrogen-bond acceptors (Lipinski definition) is 6. The van der Waals surface area contributed by atoms with E-state index in [1.807, 2.05) is 6.92 Å². The molecule has 1 amide bonds. The van der Waals surface area contributed by atoms with Crippen LogP contribution in [-0.4, -0.2) is 67.5 Å². The van der Waals surface area contributed by atoms with Gasteiger partial charge in [-0.3, -0.25) is 4.79 Å². The van der Waals surface area contributed by atoms with Gasteiger partial charge in [0, 0.05) is 18.8 Å². The molecule has 28 heavy (non-hydrogen) atoms. The van der Waals surface area contributed by atoms with Crippen LogP contribution in [0.2, 0.25) is 0 Å². The molecule has 3 heterocycles. The number of carbonyl (C=O) groups is 2. The van der Waals surface area contributed by atoms with Crippen molar-refractivity contribution >= 4 is 11.9 Å². The summed E-state index contributed by atoms with van der Waals surface area (Å²) in [6.45, 7) is 1.27. The second kappa shape index (κ2) is 8.28. The summed E-state index contributed by atoms with van der Waals surface area (Å²) in [5.74, 6) is -1.73. The number of carbonyl (C=O) groups excluding carboxylic acids is 1. The number of amides is 1. The number of aromatic nitrogens is 4. The first kappa shape index (κ1) is 19.6. The quantitative estimate of drug-likeness (QED) is 0.795. The third-order valence-corrected chi connectivity index (χ3v) is 4.52. The molecule has 1 N–H and O–H groups in total. The zero-order valence-corrected chi connectivity index (χ0v) is 15.0. The van der Waals surface area contributed by atoms with Crippen molar-refractivity contribution < 1.29 is 28.2 Å². The molecule has 0 aliphatic carbocycles. The van der Waals surface area contributed by atoms with E-state index >= 15 is 0 Å². The van der Waals surface area contributed by atoms with Crippen LogP contribution in [0.5, 0.6) is 5.88 Å². The minimum Gasteiger partial charge on any atom is -0.476 e. The molecular formula is C17H19F2N5O4. The Labute approximate surface area is 158 Å². The van der Waals surface area contributed by atoms with Gasteiger partial charge < -0.3 is 14.7 Å². The zero-order chi connectivity index (χ0) is 20.3. The summed E-state index contributed by atoms with van der Waals surface area (Å²) >= 11 is 0. The van der Waals surface area contributed by atoms with Crippen molar-refractivity contribution in [1.82, 2.24) is 24.9 Å². The van der Waals surface area contributed by atoms with E-state index in [4.69, 9.17) is 9.84 Å². The van der Waals surface area contributed by atoms with E-state index in [0.717, 1.165) is 6.20 Å². The summed E-state index contributed by atoms with van der Waals surface area (Å²) in [6, 6.07) is 2.60. The Kier molecular flexibility index (Phi) is 5.81. The highest BCUT2D eigenvalue weighted by Gasteiger charge is 2.33. The Morgan fingerprint density at radius 3 is 2.86 bits per heavy atom. The molecule has 0 aromatic carbocycles. The molecule has 1 saturated heterocycles. The van der Waals surface area contributed by atoms with Gasteiger partial charge in [0.2, 0.25) is 5.88 Å². The Bertz CT molecular complexity index is 860. The lowest BCUT2D eigenvalue weighted by Crippen LogP contribution is -2.46. The summed E-state index contributed by atoms with van der Waals surface area (Å²) in [5.41, 5.74) is -0.0817. The lowest BCUT2D eigenvalue weighted by atomic mass is 9.98. The topological polar surface area (TPSA) is 110 Å². The molecule has 0 saturated carbocycles. The molecule has 2 atom stereocenters. The van der Waals surface area contributed by atoms with Crippen molar-refractivity contribution in [1.29, 1.82) is 0 Å². The minimum absolute atomic E-state index is 0.0929. The van der Waals surface area contributed by atoms with E-state index in [-0.39, 0.29) is 35.8 Å². The number of pyridine rings is 1. The number of ether oxygens (including phenoxy) is 1. The molecule has 2 aromatic heterocycles. The second-order valence-electron chi connectivity index (χ2n) is 6.45. The van der Waals surface area contributed by atoms with Gasteiger partial charge in [0.1, 0.15) is 5.56 Å². The minimum atomic E-state index is -2.68. The summed E-state index contributed by atoms with van der Waals surface area (Å²) in [5, 5.41) is 16.9. The molecular weight excluding hydrogens is 376 g/mol. The number of hydrogen-bond donors (Lipinski definition) is 1. The fourth-order valence-electron chi connectivity index (χ4n) is 3.07. The molecule has 3 rings (SSSR count). The fourth-order valence-corrected chi connectivity index (χ4v) is 3.07. The van der Waals surface area contributed by atoms with Crippen LogP contribution in [0.15, 0.2) is 24.5 Å². The monoisotopic (exact) mass is 395 g/mol. The Morgan fingerprint density at radius 2 is 2.18 bits per heavy atom. The summed E-state index contributed by atoms with van der Waals surface area (Å²) in [6.07, 6.45) is 1.15. The third-order valence-electron chi connectivity index (χ3n) is 4.52. The van der Waals surface area contributed by atoms with Crippen molar-refractivity contribution in [2.24, 2.45) is 0 Å². The maximum atomic E-state index is 13.0. The number of nitrogens with zero attached hydrogens (tertiary/aromatic N) is 5. The number of piperidine rings is 1. The van der Waals surface area contributed by atoms with E-state index in [9.17, 15) is 18.4 Å². The molecule has 1 fully saturated rings. The molecule has 9 nitrogen and oxygen atoms in total. The Hall–Kier alpha value is -3.11. The van der Waals surface area contributed by atoms with Crippen LogP contribution in [0.1, 0.15) is 46.7 Å². The largest absolute Gasteiger partial charge is 0.476 e. The molecule has 0 spiro atoms. The van der Waals surface area contributed by atoms with Crippen molar-refractivity contribution in [2.75, 3.05) is 13.2 Å². The van der Waals surface area contributed by atoms with Gasteiger partial charge >= 0.3 is 5.97 Å². The van der Waals surface area contributed by atoms with Gasteiger partial charge in [-0.1, -0.05) is 0 Å². The molecule has 0 radical (unpaired) electrons. The first-order valence-electron chi connectivity index (χ1n) is 8.69. The predicted octanol–water partition coefficient (Wildman–Crippen LogP) is 1.88. The molecule has 2 aromatic rings. The maximum absolute atomic E-state index is 13.0. The second-order valence-corrected chi connectivity index (χ2v) is 6.45. The number of aromatic carboxylic acids is 1. The first-order chi connectivity index (χ1) is 13.4. The van der Waals surface area contributed by atoms with E-state index in [1.165, 1.54) is 23.1 Å². The van der Waals surface area contributed by atoms with Crippen LogP contribution in [-0.2, 0) is 0 Å². The van der Waals surface area contributed by atoms with Gasteiger partial charge in [-0.2, -0.15) is 9.90 Å². The van der Waals surface area contributed by atoms with Crippen molar-refractivity contribution in [3.63, 3.8) is 0 Å². The lowest BCUT2D eigenvalue weighted by molar-refractivity contribution is 0.0524. The smallest absolute Gasteiger partial charge is 0.358 e. The molecule has 1 aliphatic rings.